The number of nitro groups is 1. The zero-order valence-electron chi connectivity index (χ0n) is 18.2. The molecule has 0 unspecified atom stereocenters. The number of fused-ring (bicyclic) bond motifs is 1. The first-order valence-electron chi connectivity index (χ1n) is 10.3. The number of nitrogens with zero attached hydrogens (tertiary/aromatic N) is 1. The molecule has 3 aromatic carbocycles. The first-order chi connectivity index (χ1) is 17.3. The lowest BCUT2D eigenvalue weighted by molar-refractivity contribution is -0.385. The van der Waals surface area contributed by atoms with Crippen molar-refractivity contribution in [3.05, 3.63) is 110 Å². The lowest BCUT2D eigenvalue weighted by atomic mass is 9.88. The lowest BCUT2D eigenvalue weighted by Gasteiger charge is -2.25. The number of ketones is 2. The third kappa shape index (κ3) is 4.75. The van der Waals surface area contributed by atoms with Crippen LogP contribution in [0.5, 0.6) is 0 Å². The van der Waals surface area contributed by atoms with Gasteiger partial charge in [-0.05, 0) is 30.3 Å². The normalized spacial score (nSPS) is 13.9. The second-order valence-corrected chi connectivity index (χ2v) is 7.70. The third-order valence-electron chi connectivity index (χ3n) is 5.40. The van der Waals surface area contributed by atoms with Gasteiger partial charge in [0.1, 0.15) is 17.0 Å². The number of nitro benzene ring substituents is 1. The van der Waals surface area contributed by atoms with Gasteiger partial charge < -0.3 is 10.6 Å². The van der Waals surface area contributed by atoms with Crippen molar-refractivity contribution in [3.63, 3.8) is 0 Å². The summed E-state index contributed by atoms with van der Waals surface area (Å²) >= 11 is 0. The van der Waals surface area contributed by atoms with Gasteiger partial charge in [-0.25, -0.2) is 0 Å². The zero-order chi connectivity index (χ0) is 27.1. The maximum absolute atomic E-state index is 13.6. The number of anilines is 2. The lowest BCUT2D eigenvalue weighted by Crippen LogP contribution is -2.31. The number of carbonyl (C=O) groups is 2. The number of benzene rings is 3. The van der Waals surface area contributed by atoms with Gasteiger partial charge in [0.2, 0.25) is 11.6 Å². The topological polar surface area (TPSA) is 101 Å². The van der Waals surface area contributed by atoms with Crippen LogP contribution in [0.1, 0.15) is 31.8 Å². The van der Waals surface area contributed by atoms with Gasteiger partial charge >= 0.3 is 12.4 Å². The minimum Gasteiger partial charge on any atom is -0.350 e. The molecule has 0 bridgehead atoms. The van der Waals surface area contributed by atoms with Crippen LogP contribution in [0.4, 0.5) is 43.4 Å². The molecule has 37 heavy (non-hydrogen) atoms. The molecule has 0 heterocycles. The standard InChI is InChI=1S/C24H13F6N3O4/c25-23(26,27)13-7-1-3-9-15(13)31-19-20(32-16-10-4-2-8-14(16)24(28,29)30)22(35)18-12(21(19)34)6-5-11-17(18)33(36)37/h1-11,31-32H. The molecule has 0 aliphatic heterocycles. The molecular formula is C24H13F6N3O4. The quantitative estimate of drug-likeness (QED) is 0.228. The van der Waals surface area contributed by atoms with Gasteiger partial charge in [-0.3, -0.25) is 19.7 Å². The molecule has 0 amide bonds. The molecule has 190 valence electrons. The molecule has 1 aliphatic carbocycles. The van der Waals surface area contributed by atoms with Crippen LogP contribution in [0.15, 0.2) is 78.1 Å². The number of hydrogen-bond acceptors (Lipinski definition) is 6. The Hall–Kier alpha value is -4.68. The second-order valence-electron chi connectivity index (χ2n) is 7.70. The van der Waals surface area contributed by atoms with E-state index in [0.29, 0.717) is 12.1 Å². The van der Waals surface area contributed by atoms with E-state index in [1.54, 1.807) is 0 Å². The van der Waals surface area contributed by atoms with Crippen molar-refractivity contribution >= 4 is 28.6 Å². The number of halogens is 6. The molecule has 0 saturated heterocycles. The number of rotatable bonds is 5. The summed E-state index contributed by atoms with van der Waals surface area (Å²) in [7, 11) is 0. The fourth-order valence-corrected chi connectivity index (χ4v) is 3.79. The van der Waals surface area contributed by atoms with Crippen LogP contribution < -0.4 is 10.6 Å². The van der Waals surface area contributed by atoms with Crippen LogP contribution in [0.2, 0.25) is 0 Å². The molecule has 0 radical (unpaired) electrons. The van der Waals surface area contributed by atoms with Gasteiger partial charge in [-0.2, -0.15) is 26.3 Å². The Bertz CT molecular complexity index is 1480. The number of hydrogen-bond donors (Lipinski definition) is 2. The molecule has 13 heteroatoms. The van der Waals surface area contributed by atoms with E-state index >= 15 is 0 Å². The van der Waals surface area contributed by atoms with Gasteiger partial charge in [-0.15, -0.1) is 0 Å². The fourth-order valence-electron chi connectivity index (χ4n) is 3.79. The Kier molecular flexibility index (Phi) is 6.23. The first kappa shape index (κ1) is 25.4. The fraction of sp³-hybridized carbons (Fsp3) is 0.0833. The molecule has 1 aliphatic rings. The highest BCUT2D eigenvalue weighted by molar-refractivity contribution is 6.30. The zero-order valence-corrected chi connectivity index (χ0v) is 18.2. The summed E-state index contributed by atoms with van der Waals surface area (Å²) in [6, 6.07) is 10.9. The predicted molar refractivity (Wildman–Crippen MR) is 119 cm³/mol. The van der Waals surface area contributed by atoms with E-state index in [9.17, 15) is 46.0 Å². The maximum atomic E-state index is 13.6. The number of allylic oxidation sites excluding steroid dienone is 2. The molecule has 4 rings (SSSR count). The molecule has 0 spiro atoms. The van der Waals surface area contributed by atoms with E-state index in [1.165, 1.54) is 12.1 Å². The molecule has 7 nitrogen and oxygen atoms in total. The average Bonchev–Trinajstić information content (AvgIpc) is 2.83. The molecule has 0 fully saturated rings. The third-order valence-corrected chi connectivity index (χ3v) is 5.40. The van der Waals surface area contributed by atoms with Gasteiger partial charge in [0.25, 0.3) is 5.69 Å². The van der Waals surface area contributed by atoms with E-state index in [4.69, 9.17) is 0 Å². The summed E-state index contributed by atoms with van der Waals surface area (Å²) in [5.74, 6) is -2.40. The van der Waals surface area contributed by atoms with E-state index in [-0.39, 0.29) is 0 Å². The van der Waals surface area contributed by atoms with Crippen LogP contribution in [0.3, 0.4) is 0 Å². The smallest absolute Gasteiger partial charge is 0.350 e. The van der Waals surface area contributed by atoms with Gasteiger partial charge in [0.15, 0.2) is 0 Å². The van der Waals surface area contributed by atoms with Crippen molar-refractivity contribution in [2.24, 2.45) is 0 Å². The molecule has 3 aromatic rings. The Morgan fingerprint density at radius 3 is 1.57 bits per heavy atom. The van der Waals surface area contributed by atoms with Crippen LogP contribution in [0, 0.1) is 10.1 Å². The summed E-state index contributed by atoms with van der Waals surface area (Å²) in [5.41, 5.74) is -7.53. The number of nitrogens with one attached hydrogen (secondary N) is 2. The van der Waals surface area contributed by atoms with Crippen molar-refractivity contribution in [2.75, 3.05) is 10.6 Å². The monoisotopic (exact) mass is 521 g/mol. The van der Waals surface area contributed by atoms with Crippen molar-refractivity contribution < 1.29 is 40.9 Å². The minimum absolute atomic E-state index is 0.499. The summed E-state index contributed by atoms with van der Waals surface area (Å²) in [4.78, 5) is 37.3. The maximum Gasteiger partial charge on any atom is 0.418 e. The van der Waals surface area contributed by atoms with E-state index in [1.807, 2.05) is 0 Å². The summed E-state index contributed by atoms with van der Waals surface area (Å²) in [6.45, 7) is 0. The Labute approximate surface area is 203 Å². The Morgan fingerprint density at radius 1 is 0.649 bits per heavy atom. The van der Waals surface area contributed by atoms with Crippen molar-refractivity contribution in [1.82, 2.24) is 0 Å². The van der Waals surface area contributed by atoms with Gasteiger partial charge in [0.05, 0.1) is 27.4 Å². The Balaban J connectivity index is 1.96. The number of para-hydroxylation sites is 2. The summed E-state index contributed by atoms with van der Waals surface area (Å²) < 4.78 is 81.4. The SMILES string of the molecule is O=C1C(Nc2ccccc2C(F)(F)F)=C(Nc2ccccc2C(F)(F)F)C(=O)c2c1cccc2[N+](=O)[O-]. The van der Waals surface area contributed by atoms with Crippen molar-refractivity contribution in [3.8, 4) is 0 Å². The van der Waals surface area contributed by atoms with Gasteiger partial charge in [-0.1, -0.05) is 30.3 Å². The highest BCUT2D eigenvalue weighted by atomic mass is 19.4. The average molecular weight is 521 g/mol. The summed E-state index contributed by atoms with van der Waals surface area (Å²) in [5, 5.41) is 15.9. The van der Waals surface area contributed by atoms with E-state index in [2.05, 4.69) is 10.6 Å². The molecule has 2 N–H and O–H groups in total. The van der Waals surface area contributed by atoms with Gasteiger partial charge in [0, 0.05) is 11.6 Å². The van der Waals surface area contributed by atoms with E-state index in [0.717, 1.165) is 42.5 Å². The molecule has 0 atom stereocenters. The van der Waals surface area contributed by atoms with Crippen LogP contribution >= 0.6 is 0 Å². The van der Waals surface area contributed by atoms with Crippen molar-refractivity contribution in [1.29, 1.82) is 0 Å². The number of carbonyl (C=O) groups excluding carboxylic acids is 2. The Morgan fingerprint density at radius 2 is 1.11 bits per heavy atom. The number of Topliss-reactive ketones (excluding diaryl/α,β-unsaturated/α-hetero) is 2. The second kappa shape index (κ2) is 9.08. The highest BCUT2D eigenvalue weighted by Crippen LogP contribution is 2.40. The van der Waals surface area contributed by atoms with Crippen LogP contribution in [0.25, 0.3) is 0 Å². The number of alkyl halides is 6. The van der Waals surface area contributed by atoms with E-state index < -0.39 is 79.6 Å². The summed E-state index contributed by atoms with van der Waals surface area (Å²) in [6.07, 6.45) is -9.80. The predicted octanol–water partition coefficient (Wildman–Crippen LogP) is 6.45. The molecule has 0 saturated carbocycles. The first-order valence-corrected chi connectivity index (χ1v) is 10.3. The van der Waals surface area contributed by atoms with Crippen molar-refractivity contribution in [2.45, 2.75) is 12.4 Å². The van der Waals surface area contributed by atoms with Crippen LogP contribution in [-0.4, -0.2) is 16.5 Å². The largest absolute Gasteiger partial charge is 0.418 e. The van der Waals surface area contributed by atoms with Crippen LogP contribution in [-0.2, 0) is 12.4 Å². The molecular weight excluding hydrogens is 508 g/mol. The molecule has 0 aromatic heterocycles. The minimum atomic E-state index is -4.91. The highest BCUT2D eigenvalue weighted by Gasteiger charge is 2.41.